The van der Waals surface area contributed by atoms with E-state index in [-0.39, 0.29) is 23.9 Å². The first-order valence-corrected chi connectivity index (χ1v) is 6.25. The van der Waals surface area contributed by atoms with Crippen molar-refractivity contribution in [3.05, 3.63) is 35.5 Å². The SMILES string of the molecule is Cc1ccc(F)cc1-c1noc(CC(=O)C2CC2)n1. The highest BCUT2D eigenvalue weighted by Gasteiger charge is 2.30. The number of rotatable bonds is 4. The maximum Gasteiger partial charge on any atom is 0.234 e. The first-order chi connectivity index (χ1) is 9.13. The number of hydrogen-bond acceptors (Lipinski definition) is 4. The summed E-state index contributed by atoms with van der Waals surface area (Å²) in [5.41, 5.74) is 1.45. The van der Waals surface area contributed by atoms with Gasteiger partial charge < -0.3 is 4.52 Å². The lowest BCUT2D eigenvalue weighted by molar-refractivity contribution is -0.119. The molecule has 3 rings (SSSR count). The summed E-state index contributed by atoms with van der Waals surface area (Å²) >= 11 is 0. The quantitative estimate of drug-likeness (QED) is 0.848. The van der Waals surface area contributed by atoms with E-state index < -0.39 is 0 Å². The second kappa shape index (κ2) is 4.57. The molecule has 1 aromatic heterocycles. The van der Waals surface area contributed by atoms with Crippen molar-refractivity contribution in [2.24, 2.45) is 5.92 Å². The van der Waals surface area contributed by atoms with Crippen LogP contribution >= 0.6 is 0 Å². The second-order valence-corrected chi connectivity index (χ2v) is 4.89. The molecule has 1 heterocycles. The van der Waals surface area contributed by atoms with E-state index in [1.165, 1.54) is 12.1 Å². The third-order valence-electron chi connectivity index (χ3n) is 3.27. The molecule has 4 nitrogen and oxygen atoms in total. The number of halogens is 1. The predicted octanol–water partition coefficient (Wildman–Crippen LogP) is 2.71. The van der Waals surface area contributed by atoms with E-state index in [4.69, 9.17) is 4.52 Å². The Hall–Kier alpha value is -2.04. The van der Waals surface area contributed by atoms with Crippen LogP contribution in [0.3, 0.4) is 0 Å². The Kier molecular flexibility index (Phi) is 2.89. The minimum Gasteiger partial charge on any atom is -0.339 e. The van der Waals surface area contributed by atoms with Crippen LogP contribution in [0, 0.1) is 18.7 Å². The Morgan fingerprint density at radius 3 is 3.00 bits per heavy atom. The standard InChI is InChI=1S/C14H13FN2O2/c1-8-2-5-10(15)6-11(8)14-16-13(19-17-14)7-12(18)9-3-4-9/h2,5-6,9H,3-4,7H2,1H3. The summed E-state index contributed by atoms with van der Waals surface area (Å²) in [6.45, 7) is 1.85. The highest BCUT2D eigenvalue weighted by Crippen LogP contribution is 2.31. The smallest absolute Gasteiger partial charge is 0.234 e. The fourth-order valence-electron chi connectivity index (χ4n) is 1.97. The lowest BCUT2D eigenvalue weighted by atomic mass is 10.1. The molecular weight excluding hydrogens is 247 g/mol. The fourth-order valence-corrected chi connectivity index (χ4v) is 1.97. The Bertz CT molecular complexity index is 632. The van der Waals surface area contributed by atoms with Crippen molar-refractivity contribution in [2.45, 2.75) is 26.2 Å². The first kappa shape index (κ1) is 12.0. The summed E-state index contributed by atoms with van der Waals surface area (Å²) in [4.78, 5) is 15.8. The van der Waals surface area contributed by atoms with Crippen LogP contribution in [0.4, 0.5) is 4.39 Å². The van der Waals surface area contributed by atoms with Crippen LogP contribution in [0.15, 0.2) is 22.7 Å². The summed E-state index contributed by atoms with van der Waals surface area (Å²) < 4.78 is 18.3. The molecule has 1 saturated carbocycles. The highest BCUT2D eigenvalue weighted by atomic mass is 19.1. The summed E-state index contributed by atoms with van der Waals surface area (Å²) in [5.74, 6) is 0.601. The predicted molar refractivity (Wildman–Crippen MR) is 65.9 cm³/mol. The summed E-state index contributed by atoms with van der Waals surface area (Å²) in [7, 11) is 0. The molecule has 1 aromatic carbocycles. The molecule has 0 bridgehead atoms. The summed E-state index contributed by atoms with van der Waals surface area (Å²) in [5, 5.41) is 3.82. The first-order valence-electron chi connectivity index (χ1n) is 6.25. The molecule has 0 atom stereocenters. The van der Waals surface area contributed by atoms with Crippen molar-refractivity contribution in [2.75, 3.05) is 0 Å². The maximum atomic E-state index is 13.2. The number of benzene rings is 1. The van der Waals surface area contributed by atoms with Crippen molar-refractivity contribution in [1.29, 1.82) is 0 Å². The van der Waals surface area contributed by atoms with Crippen molar-refractivity contribution >= 4 is 5.78 Å². The Labute approximate surface area is 109 Å². The molecule has 98 valence electrons. The normalized spacial score (nSPS) is 14.6. The molecule has 1 aliphatic carbocycles. The van der Waals surface area contributed by atoms with E-state index >= 15 is 0 Å². The number of nitrogens with zero attached hydrogens (tertiary/aromatic N) is 2. The average Bonchev–Trinajstić information content (AvgIpc) is 3.14. The minimum absolute atomic E-state index is 0.145. The molecular formula is C14H13FN2O2. The lowest BCUT2D eigenvalue weighted by Crippen LogP contribution is -2.04. The molecule has 1 fully saturated rings. The van der Waals surface area contributed by atoms with E-state index in [2.05, 4.69) is 10.1 Å². The zero-order valence-corrected chi connectivity index (χ0v) is 10.5. The van der Waals surface area contributed by atoms with Crippen LogP contribution in [0.25, 0.3) is 11.4 Å². The second-order valence-electron chi connectivity index (χ2n) is 4.89. The number of hydrogen-bond donors (Lipinski definition) is 0. The van der Waals surface area contributed by atoms with Gasteiger partial charge in [0.15, 0.2) is 0 Å². The largest absolute Gasteiger partial charge is 0.339 e. The van der Waals surface area contributed by atoms with Gasteiger partial charge in [-0.2, -0.15) is 4.98 Å². The molecule has 19 heavy (non-hydrogen) atoms. The third kappa shape index (κ3) is 2.54. The summed E-state index contributed by atoms with van der Waals surface area (Å²) in [6.07, 6.45) is 2.09. The molecule has 0 saturated heterocycles. The molecule has 0 amide bonds. The van der Waals surface area contributed by atoms with Crippen molar-refractivity contribution in [1.82, 2.24) is 10.1 Å². The van der Waals surface area contributed by atoms with Gasteiger partial charge in [0.1, 0.15) is 11.6 Å². The van der Waals surface area contributed by atoms with Gasteiger partial charge in [-0.1, -0.05) is 11.2 Å². The monoisotopic (exact) mass is 260 g/mol. The van der Waals surface area contributed by atoms with Gasteiger partial charge in [-0.15, -0.1) is 0 Å². The molecule has 0 N–H and O–H groups in total. The van der Waals surface area contributed by atoms with Crippen LogP contribution in [0.5, 0.6) is 0 Å². The maximum absolute atomic E-state index is 13.2. The van der Waals surface area contributed by atoms with Gasteiger partial charge in [-0.25, -0.2) is 4.39 Å². The van der Waals surface area contributed by atoms with Gasteiger partial charge in [-0.05, 0) is 37.5 Å². The Morgan fingerprint density at radius 1 is 1.47 bits per heavy atom. The third-order valence-corrected chi connectivity index (χ3v) is 3.27. The van der Waals surface area contributed by atoms with E-state index in [1.807, 2.05) is 6.92 Å². The van der Waals surface area contributed by atoms with Crippen LogP contribution in [-0.2, 0) is 11.2 Å². The van der Waals surface area contributed by atoms with Crippen molar-refractivity contribution < 1.29 is 13.7 Å². The highest BCUT2D eigenvalue weighted by molar-refractivity contribution is 5.84. The molecule has 0 spiro atoms. The Morgan fingerprint density at radius 2 is 2.26 bits per heavy atom. The fraction of sp³-hybridized carbons (Fsp3) is 0.357. The lowest BCUT2D eigenvalue weighted by Gasteiger charge is -1.99. The Balaban J connectivity index is 1.83. The van der Waals surface area contributed by atoms with Gasteiger partial charge in [0.2, 0.25) is 11.7 Å². The molecule has 5 heteroatoms. The number of carbonyl (C=O) groups is 1. The average molecular weight is 260 g/mol. The van der Waals surface area contributed by atoms with Gasteiger partial charge in [-0.3, -0.25) is 4.79 Å². The number of Topliss-reactive ketones (excluding diaryl/α,β-unsaturated/α-hetero) is 1. The van der Waals surface area contributed by atoms with E-state index in [0.29, 0.717) is 17.3 Å². The van der Waals surface area contributed by atoms with Crippen LogP contribution in [0.2, 0.25) is 0 Å². The van der Waals surface area contributed by atoms with Crippen molar-refractivity contribution in [3.63, 3.8) is 0 Å². The minimum atomic E-state index is -0.346. The number of carbonyl (C=O) groups excluding carboxylic acids is 1. The molecule has 0 aliphatic heterocycles. The number of ketones is 1. The van der Waals surface area contributed by atoms with Crippen molar-refractivity contribution in [3.8, 4) is 11.4 Å². The van der Waals surface area contributed by atoms with Gasteiger partial charge >= 0.3 is 0 Å². The number of aryl methyl sites for hydroxylation is 1. The molecule has 2 aromatic rings. The molecule has 1 aliphatic rings. The summed E-state index contributed by atoms with van der Waals surface area (Å²) in [6, 6.07) is 4.42. The van der Waals surface area contributed by atoms with E-state index in [0.717, 1.165) is 18.4 Å². The van der Waals surface area contributed by atoms with E-state index in [1.54, 1.807) is 6.07 Å². The van der Waals surface area contributed by atoms with Gasteiger partial charge in [0.05, 0.1) is 6.42 Å². The zero-order valence-electron chi connectivity index (χ0n) is 10.5. The van der Waals surface area contributed by atoms with E-state index in [9.17, 15) is 9.18 Å². The van der Waals surface area contributed by atoms with Crippen LogP contribution in [0.1, 0.15) is 24.3 Å². The number of aromatic nitrogens is 2. The zero-order chi connectivity index (χ0) is 13.4. The topological polar surface area (TPSA) is 56.0 Å². The van der Waals surface area contributed by atoms with Crippen LogP contribution < -0.4 is 0 Å². The van der Waals surface area contributed by atoms with Gasteiger partial charge in [0.25, 0.3) is 0 Å². The molecule has 0 unspecified atom stereocenters. The van der Waals surface area contributed by atoms with Gasteiger partial charge in [0, 0.05) is 11.5 Å². The molecule has 0 radical (unpaired) electrons. The van der Waals surface area contributed by atoms with Crippen LogP contribution in [-0.4, -0.2) is 15.9 Å².